The highest BCUT2D eigenvalue weighted by Crippen LogP contribution is 2.29. The summed E-state index contributed by atoms with van der Waals surface area (Å²) in [7, 11) is 1.72. The first-order valence-corrected chi connectivity index (χ1v) is 6.66. The maximum atomic E-state index is 11.8. The molecule has 0 radical (unpaired) electrons. The van der Waals surface area contributed by atoms with E-state index < -0.39 is 0 Å². The van der Waals surface area contributed by atoms with Crippen molar-refractivity contribution in [3.8, 4) is 0 Å². The molecule has 1 fully saturated rings. The average Bonchev–Trinajstić information content (AvgIpc) is 2.66. The normalized spacial score (nSPS) is 25.5. The van der Waals surface area contributed by atoms with Crippen LogP contribution in [-0.2, 0) is 4.79 Å². The zero-order valence-electron chi connectivity index (χ0n) is 11.7. The van der Waals surface area contributed by atoms with Crippen LogP contribution in [0.1, 0.15) is 33.6 Å². The van der Waals surface area contributed by atoms with Gasteiger partial charge in [-0.25, -0.2) is 0 Å². The van der Waals surface area contributed by atoms with Gasteiger partial charge in [-0.05, 0) is 39.4 Å². The molecule has 100 valence electrons. The maximum absolute atomic E-state index is 11.8. The van der Waals surface area contributed by atoms with Crippen LogP contribution in [0.5, 0.6) is 0 Å². The second-order valence-electron chi connectivity index (χ2n) is 5.63. The lowest BCUT2D eigenvalue weighted by atomic mass is 9.89. The zero-order chi connectivity index (χ0) is 12.9. The van der Waals surface area contributed by atoms with Crippen LogP contribution in [-0.4, -0.2) is 50.1 Å². The number of amides is 1. The molecule has 0 aliphatic carbocycles. The number of carbonyl (C=O) groups is 1. The van der Waals surface area contributed by atoms with E-state index in [0.717, 1.165) is 39.0 Å². The fraction of sp³-hybridized carbons (Fsp3) is 0.923. The molecule has 1 aliphatic rings. The summed E-state index contributed by atoms with van der Waals surface area (Å²) in [5, 5.41) is 6.19. The Kier molecular flexibility index (Phi) is 5.40. The van der Waals surface area contributed by atoms with Gasteiger partial charge in [-0.3, -0.25) is 4.79 Å². The SMILES string of the molecule is CNC(=O)C1(C)CCN(CCCNC(C)C)C1. The number of carbonyl (C=O) groups excluding carboxylic acids is 1. The molecule has 1 aliphatic heterocycles. The predicted molar refractivity (Wildman–Crippen MR) is 71.0 cm³/mol. The topological polar surface area (TPSA) is 44.4 Å². The van der Waals surface area contributed by atoms with Gasteiger partial charge in [0.1, 0.15) is 0 Å². The largest absolute Gasteiger partial charge is 0.359 e. The fourth-order valence-corrected chi connectivity index (χ4v) is 2.43. The third-order valence-electron chi connectivity index (χ3n) is 3.53. The van der Waals surface area contributed by atoms with Gasteiger partial charge in [0.15, 0.2) is 0 Å². The smallest absolute Gasteiger partial charge is 0.227 e. The Morgan fingerprint density at radius 1 is 1.47 bits per heavy atom. The lowest BCUT2D eigenvalue weighted by Gasteiger charge is -2.22. The molecule has 0 bridgehead atoms. The molecule has 1 unspecified atom stereocenters. The molecule has 1 rings (SSSR count). The van der Waals surface area contributed by atoms with E-state index >= 15 is 0 Å². The molecular weight excluding hydrogens is 214 g/mol. The van der Waals surface area contributed by atoms with Crippen molar-refractivity contribution in [2.24, 2.45) is 5.41 Å². The van der Waals surface area contributed by atoms with Crippen LogP contribution in [0, 0.1) is 5.41 Å². The summed E-state index contributed by atoms with van der Waals surface area (Å²) in [5.41, 5.74) is -0.180. The number of rotatable bonds is 6. The van der Waals surface area contributed by atoms with Crippen molar-refractivity contribution in [2.45, 2.75) is 39.7 Å². The molecule has 0 aromatic rings. The second-order valence-corrected chi connectivity index (χ2v) is 5.63. The van der Waals surface area contributed by atoms with Gasteiger partial charge in [-0.15, -0.1) is 0 Å². The highest BCUT2D eigenvalue weighted by atomic mass is 16.2. The quantitative estimate of drug-likeness (QED) is 0.677. The first-order chi connectivity index (χ1) is 7.98. The van der Waals surface area contributed by atoms with Crippen molar-refractivity contribution in [1.82, 2.24) is 15.5 Å². The first-order valence-electron chi connectivity index (χ1n) is 6.66. The summed E-state index contributed by atoms with van der Waals surface area (Å²) in [6.45, 7) is 10.5. The number of nitrogens with one attached hydrogen (secondary N) is 2. The van der Waals surface area contributed by atoms with Crippen LogP contribution < -0.4 is 10.6 Å². The van der Waals surface area contributed by atoms with Crippen LogP contribution in [0.2, 0.25) is 0 Å². The minimum atomic E-state index is -0.180. The second kappa shape index (κ2) is 6.36. The molecule has 4 nitrogen and oxygen atoms in total. The third kappa shape index (κ3) is 4.28. The number of hydrogen-bond acceptors (Lipinski definition) is 3. The summed E-state index contributed by atoms with van der Waals surface area (Å²) in [6.07, 6.45) is 2.13. The molecule has 0 aromatic heterocycles. The van der Waals surface area contributed by atoms with E-state index in [1.165, 1.54) is 0 Å². The van der Waals surface area contributed by atoms with E-state index in [1.54, 1.807) is 7.05 Å². The van der Waals surface area contributed by atoms with Gasteiger partial charge in [0.05, 0.1) is 5.41 Å². The summed E-state index contributed by atoms with van der Waals surface area (Å²) in [5.74, 6) is 0.181. The number of nitrogens with zero attached hydrogens (tertiary/aromatic N) is 1. The van der Waals surface area contributed by atoms with Crippen LogP contribution in [0.25, 0.3) is 0 Å². The standard InChI is InChI=1S/C13H27N3O/c1-11(2)15-7-5-8-16-9-6-13(3,10-16)12(17)14-4/h11,15H,5-10H2,1-4H3,(H,14,17). The summed E-state index contributed by atoms with van der Waals surface area (Å²) in [6, 6.07) is 0.560. The number of hydrogen-bond donors (Lipinski definition) is 2. The molecule has 4 heteroatoms. The molecular formula is C13H27N3O. The van der Waals surface area contributed by atoms with E-state index in [9.17, 15) is 4.79 Å². The van der Waals surface area contributed by atoms with Crippen LogP contribution in [0.15, 0.2) is 0 Å². The van der Waals surface area contributed by atoms with Gasteiger partial charge in [0.2, 0.25) is 5.91 Å². The Morgan fingerprint density at radius 2 is 2.18 bits per heavy atom. The van der Waals surface area contributed by atoms with Gasteiger partial charge in [-0.2, -0.15) is 0 Å². The van der Waals surface area contributed by atoms with Crippen LogP contribution in [0.4, 0.5) is 0 Å². The maximum Gasteiger partial charge on any atom is 0.227 e. The fourth-order valence-electron chi connectivity index (χ4n) is 2.43. The van der Waals surface area contributed by atoms with Crippen LogP contribution >= 0.6 is 0 Å². The molecule has 1 saturated heterocycles. The molecule has 17 heavy (non-hydrogen) atoms. The average molecular weight is 241 g/mol. The van der Waals surface area contributed by atoms with Gasteiger partial charge in [0, 0.05) is 19.6 Å². The summed E-state index contributed by atoms with van der Waals surface area (Å²) in [4.78, 5) is 14.2. The Balaban J connectivity index is 2.24. The van der Waals surface area contributed by atoms with Gasteiger partial charge in [0.25, 0.3) is 0 Å². The molecule has 1 amide bonds. The van der Waals surface area contributed by atoms with E-state index in [1.807, 2.05) is 0 Å². The van der Waals surface area contributed by atoms with Crippen molar-refractivity contribution in [2.75, 3.05) is 33.2 Å². The monoisotopic (exact) mass is 241 g/mol. The molecule has 1 heterocycles. The summed E-state index contributed by atoms with van der Waals surface area (Å²) >= 11 is 0. The molecule has 1 atom stereocenters. The Labute approximate surface area is 105 Å². The Hall–Kier alpha value is -0.610. The molecule has 0 aromatic carbocycles. The van der Waals surface area contributed by atoms with Crippen LogP contribution in [0.3, 0.4) is 0 Å². The number of likely N-dealkylation sites (tertiary alicyclic amines) is 1. The molecule has 0 saturated carbocycles. The predicted octanol–water partition coefficient (Wildman–Crippen LogP) is 0.833. The van der Waals surface area contributed by atoms with Crippen molar-refractivity contribution >= 4 is 5.91 Å². The van der Waals surface area contributed by atoms with E-state index in [4.69, 9.17) is 0 Å². The Morgan fingerprint density at radius 3 is 2.76 bits per heavy atom. The third-order valence-corrected chi connectivity index (χ3v) is 3.53. The van der Waals surface area contributed by atoms with Crippen molar-refractivity contribution in [3.63, 3.8) is 0 Å². The van der Waals surface area contributed by atoms with E-state index in [0.29, 0.717) is 6.04 Å². The van der Waals surface area contributed by atoms with Crippen molar-refractivity contribution in [3.05, 3.63) is 0 Å². The minimum Gasteiger partial charge on any atom is -0.359 e. The van der Waals surface area contributed by atoms with Gasteiger partial charge < -0.3 is 15.5 Å². The highest BCUT2D eigenvalue weighted by molar-refractivity contribution is 5.82. The zero-order valence-corrected chi connectivity index (χ0v) is 11.7. The lowest BCUT2D eigenvalue weighted by molar-refractivity contribution is -0.129. The van der Waals surface area contributed by atoms with Gasteiger partial charge in [-0.1, -0.05) is 13.8 Å². The van der Waals surface area contributed by atoms with E-state index in [-0.39, 0.29) is 11.3 Å². The lowest BCUT2D eigenvalue weighted by Crippen LogP contribution is -2.39. The molecule has 0 spiro atoms. The summed E-state index contributed by atoms with van der Waals surface area (Å²) < 4.78 is 0. The van der Waals surface area contributed by atoms with Gasteiger partial charge >= 0.3 is 0 Å². The van der Waals surface area contributed by atoms with E-state index in [2.05, 4.69) is 36.3 Å². The minimum absolute atomic E-state index is 0.180. The van der Waals surface area contributed by atoms with Crippen molar-refractivity contribution < 1.29 is 4.79 Å². The highest BCUT2D eigenvalue weighted by Gasteiger charge is 2.39. The Bertz CT molecular complexity index is 255. The van der Waals surface area contributed by atoms with Crippen molar-refractivity contribution in [1.29, 1.82) is 0 Å². The first kappa shape index (κ1) is 14.5. The molecule has 2 N–H and O–H groups in total.